The number of methoxy groups -OCH3 is 2. The van der Waals surface area contributed by atoms with Crippen LogP contribution in [0.1, 0.15) is 73.8 Å². The monoisotopic (exact) mass is 839 g/mol. The fourth-order valence-electron chi connectivity index (χ4n) is 6.42. The van der Waals surface area contributed by atoms with E-state index in [-0.39, 0.29) is 46.3 Å². The first-order chi connectivity index (χ1) is 30.2. The predicted molar refractivity (Wildman–Crippen MR) is 229 cm³/mol. The fourth-order valence-corrected chi connectivity index (χ4v) is 6.42. The Labute approximate surface area is 355 Å². The predicted octanol–water partition coefficient (Wildman–Crippen LogP) is 7.79. The third-order valence-electron chi connectivity index (χ3n) is 9.57. The first kappa shape index (κ1) is 42.0. The number of nitrogens with two attached hydrogens (primary N) is 2. The second kappa shape index (κ2) is 18.9. The number of carbonyl (C=O) groups excluding carboxylic acids is 1. The lowest BCUT2D eigenvalue weighted by molar-refractivity contribution is 0.0601. The number of aryl methyl sites for hydroxylation is 2. The largest absolute Gasteiger partial charge is 0.496 e. The molecule has 62 heavy (non-hydrogen) atoms. The molecule has 21 nitrogen and oxygen atoms in total. The molecule has 0 aliphatic carbocycles. The van der Waals surface area contributed by atoms with Crippen molar-refractivity contribution in [2.75, 3.05) is 25.7 Å². The second-order valence-electron chi connectivity index (χ2n) is 13.6. The van der Waals surface area contributed by atoms with Crippen molar-refractivity contribution in [3.8, 4) is 29.3 Å². The van der Waals surface area contributed by atoms with E-state index in [0.29, 0.717) is 47.1 Å². The molecular weight excluding hydrogens is 795 g/mol. The molecule has 5 heterocycles. The lowest BCUT2D eigenvalue weighted by Crippen LogP contribution is -2.13. The molecule has 0 bridgehead atoms. The molecule has 0 spiro atoms. The molecule has 0 amide bonds. The first-order valence-corrected chi connectivity index (χ1v) is 19.8. The van der Waals surface area contributed by atoms with E-state index in [2.05, 4.69) is 52.5 Å². The molecule has 5 aromatic heterocycles. The molecule has 0 aliphatic rings. The number of carbonyl (C=O) groups is 1. The zero-order valence-electron chi connectivity index (χ0n) is 34.8. The second-order valence-corrected chi connectivity index (χ2v) is 13.6. The van der Waals surface area contributed by atoms with Gasteiger partial charge in [0, 0.05) is 0 Å². The first-order valence-electron chi connectivity index (χ1n) is 19.8. The minimum absolute atomic E-state index is 0.00394. The van der Waals surface area contributed by atoms with Gasteiger partial charge in [-0.25, -0.2) is 14.2 Å². The molecule has 318 valence electrons. The normalized spacial score (nSPS) is 11.9. The van der Waals surface area contributed by atoms with Crippen molar-refractivity contribution in [1.82, 2.24) is 54.1 Å². The smallest absolute Gasteiger partial charge is 0.343 e. The number of hydrogen-bond donors (Lipinski definition) is 3. The number of azo groups is 2. The lowest BCUT2D eigenvalue weighted by atomic mass is 10.2. The van der Waals surface area contributed by atoms with Crippen molar-refractivity contribution in [2.45, 2.75) is 59.3 Å². The van der Waals surface area contributed by atoms with Gasteiger partial charge in [-0.3, -0.25) is 0 Å². The van der Waals surface area contributed by atoms with Crippen molar-refractivity contribution in [3.63, 3.8) is 0 Å². The summed E-state index contributed by atoms with van der Waals surface area (Å²) in [5.74, 6) is 0.150. The fraction of sp³-hybridized carbons (Fsp3) is 0.268. The Bertz CT molecular complexity index is 2770. The summed E-state index contributed by atoms with van der Waals surface area (Å²) < 4.78 is 16.2. The van der Waals surface area contributed by atoms with E-state index in [4.69, 9.17) is 31.1 Å². The van der Waals surface area contributed by atoms with Gasteiger partial charge in [-0.1, -0.05) is 63.1 Å². The average Bonchev–Trinajstić information content (AvgIpc) is 4.07. The van der Waals surface area contributed by atoms with Crippen molar-refractivity contribution in [2.24, 2.45) is 20.5 Å². The van der Waals surface area contributed by atoms with Crippen LogP contribution in [0.3, 0.4) is 0 Å². The number of benzene rings is 2. The molecule has 0 saturated heterocycles. The third kappa shape index (κ3) is 8.48. The Kier molecular flexibility index (Phi) is 12.8. The Morgan fingerprint density at radius 1 is 0.677 bits per heavy atom. The van der Waals surface area contributed by atoms with Crippen LogP contribution in [0, 0.1) is 0 Å². The van der Waals surface area contributed by atoms with Gasteiger partial charge in [0.05, 0.1) is 54.9 Å². The SMILES string of the molecule is CC=C(OC)c1cnn(-c2ccccc2)c1/N=N/c1c(CCCC)nn(-c2nc(O)nc(-n3nc(CCCC)c(/N=N/c4c(C(=O)OC)cnn4-c4ccccc4)c3N)n2)c1N. The highest BCUT2D eigenvalue weighted by Crippen LogP contribution is 2.37. The summed E-state index contributed by atoms with van der Waals surface area (Å²) in [5, 5.41) is 47.6. The van der Waals surface area contributed by atoms with Crippen LogP contribution in [0.5, 0.6) is 6.01 Å². The van der Waals surface area contributed by atoms with E-state index in [0.717, 1.165) is 31.4 Å². The summed E-state index contributed by atoms with van der Waals surface area (Å²) in [7, 11) is 2.83. The molecule has 0 aliphatic heterocycles. The van der Waals surface area contributed by atoms with Crippen molar-refractivity contribution < 1.29 is 19.4 Å². The van der Waals surface area contributed by atoms with E-state index < -0.39 is 12.0 Å². The zero-order valence-corrected chi connectivity index (χ0v) is 34.8. The minimum Gasteiger partial charge on any atom is -0.496 e. The van der Waals surface area contributed by atoms with Crippen LogP contribution in [-0.4, -0.2) is 79.4 Å². The maximum absolute atomic E-state index is 12.8. The summed E-state index contributed by atoms with van der Waals surface area (Å²) in [5.41, 5.74) is 17.0. The number of para-hydroxylation sites is 2. The van der Waals surface area contributed by atoms with E-state index in [1.165, 1.54) is 27.4 Å². The van der Waals surface area contributed by atoms with Gasteiger partial charge in [-0.15, -0.1) is 20.5 Å². The molecule has 0 radical (unpaired) electrons. The molecule has 5 N–H and O–H groups in total. The number of hydrogen-bond acceptors (Lipinski definition) is 17. The molecule has 7 aromatic rings. The van der Waals surface area contributed by atoms with Gasteiger partial charge in [0.25, 0.3) is 11.9 Å². The number of nitrogens with zero attached hydrogens (tertiary/aromatic N) is 15. The number of aromatic nitrogens is 11. The van der Waals surface area contributed by atoms with Gasteiger partial charge in [0.15, 0.2) is 34.6 Å². The molecule has 21 heteroatoms. The van der Waals surface area contributed by atoms with Gasteiger partial charge < -0.3 is 26.0 Å². The molecule has 7 rings (SSSR count). The highest BCUT2D eigenvalue weighted by molar-refractivity contribution is 5.94. The van der Waals surface area contributed by atoms with E-state index in [9.17, 15) is 9.90 Å². The van der Waals surface area contributed by atoms with Crippen LogP contribution in [0.4, 0.5) is 34.6 Å². The number of ether oxygens (including phenoxy) is 2. The molecular formula is C41H45N17O4. The Balaban J connectivity index is 1.31. The maximum Gasteiger partial charge on any atom is 0.343 e. The Morgan fingerprint density at radius 2 is 1.15 bits per heavy atom. The van der Waals surface area contributed by atoms with E-state index in [1.54, 1.807) is 18.0 Å². The van der Waals surface area contributed by atoms with Crippen LogP contribution in [-0.2, 0) is 22.3 Å². The number of unbranched alkanes of at least 4 members (excludes halogenated alkanes) is 2. The summed E-state index contributed by atoms with van der Waals surface area (Å²) in [6.07, 6.45) is 8.97. The van der Waals surface area contributed by atoms with Crippen molar-refractivity contribution in [1.29, 1.82) is 0 Å². The number of nitrogen functional groups attached to an aromatic ring is 2. The number of esters is 1. The zero-order chi connectivity index (χ0) is 43.8. The van der Waals surface area contributed by atoms with Gasteiger partial charge >= 0.3 is 12.0 Å². The lowest BCUT2D eigenvalue weighted by Gasteiger charge is -2.07. The topological polar surface area (TPSA) is 267 Å². The van der Waals surface area contributed by atoms with Gasteiger partial charge in [0.2, 0.25) is 0 Å². The number of anilines is 2. The summed E-state index contributed by atoms with van der Waals surface area (Å²) >= 11 is 0. The number of aromatic hydroxyl groups is 1. The Hall–Kier alpha value is -8.10. The van der Waals surface area contributed by atoms with Crippen molar-refractivity contribution in [3.05, 3.63) is 102 Å². The summed E-state index contributed by atoms with van der Waals surface area (Å²) in [6, 6.07) is 18.0. The number of rotatable bonds is 17. The molecule has 0 fully saturated rings. The van der Waals surface area contributed by atoms with E-state index in [1.807, 2.05) is 80.6 Å². The van der Waals surface area contributed by atoms with Gasteiger partial charge in [0.1, 0.15) is 11.3 Å². The third-order valence-corrected chi connectivity index (χ3v) is 9.57. The quantitative estimate of drug-likeness (QED) is 0.0449. The van der Waals surface area contributed by atoms with E-state index >= 15 is 0 Å². The van der Waals surface area contributed by atoms with Crippen LogP contribution >= 0.6 is 0 Å². The highest BCUT2D eigenvalue weighted by atomic mass is 16.5. The highest BCUT2D eigenvalue weighted by Gasteiger charge is 2.25. The van der Waals surface area contributed by atoms with Crippen molar-refractivity contribution >= 4 is 46.4 Å². The Morgan fingerprint density at radius 3 is 1.58 bits per heavy atom. The number of allylic oxidation sites excluding steroid dienone is 1. The molecule has 0 unspecified atom stereocenters. The minimum atomic E-state index is -0.657. The molecule has 0 saturated carbocycles. The summed E-state index contributed by atoms with van der Waals surface area (Å²) in [4.78, 5) is 25.7. The van der Waals surface area contributed by atoms with Gasteiger partial charge in [-0.05, 0) is 62.9 Å². The van der Waals surface area contributed by atoms with Crippen LogP contribution < -0.4 is 11.5 Å². The van der Waals surface area contributed by atoms with Crippen LogP contribution in [0.2, 0.25) is 0 Å². The molecule has 0 atom stereocenters. The standard InChI is InChI=1S/C41H45N17O4/c1-6-9-21-29-32(49-51-36-27(31(8-3)61-4)23-44-55(36)25-17-13-11-14-18-25)34(42)57(53-29)39-46-40(48-41(60)47-39)58-35(43)33(30(54-58)22-10-7-2)50-52-37-28(38(59)62-5)24-45-56(37)26-19-15-12-16-20-26/h8,11-20,23-24H,6-7,9-10,21-22,42-43H2,1-5H3,(H,46,47,48,60)/b31-8?,51-49+,52-50+. The van der Waals surface area contributed by atoms with Gasteiger partial charge in [-0.2, -0.15) is 44.7 Å². The molecule has 2 aromatic carbocycles. The maximum atomic E-state index is 12.8. The average molecular weight is 840 g/mol. The van der Waals surface area contributed by atoms with Crippen LogP contribution in [0.15, 0.2) is 99.6 Å². The van der Waals surface area contributed by atoms with Crippen LogP contribution in [0.25, 0.3) is 29.0 Å². The summed E-state index contributed by atoms with van der Waals surface area (Å²) in [6.45, 7) is 5.94.